The molecule has 2 aromatic heterocycles. The molecule has 0 fully saturated rings. The third kappa shape index (κ3) is 4.54. The van der Waals surface area contributed by atoms with Gasteiger partial charge in [-0.15, -0.1) is 0 Å². The van der Waals surface area contributed by atoms with Crippen molar-refractivity contribution in [3.8, 4) is 0 Å². The number of benzene rings is 1. The number of allylic oxidation sites excluding steroid dienone is 4. The van der Waals surface area contributed by atoms with Crippen molar-refractivity contribution in [1.29, 1.82) is 0 Å². The number of hydrogen-bond donors (Lipinski definition) is 3. The molecule has 0 saturated heterocycles. The Bertz CT molecular complexity index is 1250. The average Bonchev–Trinajstić information content (AvgIpc) is 3.19. The number of nitrogens with zero attached hydrogens (tertiary/aromatic N) is 3. The van der Waals surface area contributed by atoms with Crippen molar-refractivity contribution in [2.75, 3.05) is 6.61 Å². The van der Waals surface area contributed by atoms with Crippen LogP contribution in [0.2, 0.25) is 0 Å². The molecule has 1 aliphatic carbocycles. The predicted octanol–water partition coefficient (Wildman–Crippen LogP) is 1.81. The lowest BCUT2D eigenvalue weighted by molar-refractivity contribution is 0.277. The quantitative estimate of drug-likeness (QED) is 0.513. The number of aryl methyl sites for hydroxylation is 1. The van der Waals surface area contributed by atoms with Crippen LogP contribution in [0.1, 0.15) is 37.1 Å². The molecule has 8 nitrogen and oxygen atoms in total. The van der Waals surface area contributed by atoms with E-state index in [0.29, 0.717) is 42.8 Å². The zero-order chi connectivity index (χ0) is 21.8. The fourth-order valence-electron chi connectivity index (χ4n) is 3.88. The van der Waals surface area contributed by atoms with Crippen molar-refractivity contribution < 1.29 is 5.11 Å². The topological polar surface area (TPSA) is 119 Å². The molecule has 0 saturated carbocycles. The van der Waals surface area contributed by atoms with E-state index >= 15 is 0 Å². The average molecular weight is 422 g/mol. The van der Waals surface area contributed by atoms with Crippen LogP contribution >= 0.6 is 0 Å². The molecule has 162 valence electrons. The van der Waals surface area contributed by atoms with E-state index in [2.05, 4.69) is 9.97 Å². The van der Waals surface area contributed by atoms with Crippen LogP contribution in [-0.4, -0.2) is 30.8 Å². The molecule has 1 aliphatic rings. The molecule has 0 bridgehead atoms. The first kappa shape index (κ1) is 20.9. The van der Waals surface area contributed by atoms with Crippen molar-refractivity contribution in [2.45, 2.75) is 45.2 Å². The normalized spacial score (nSPS) is 14.0. The van der Waals surface area contributed by atoms with Crippen LogP contribution in [-0.2, 0) is 19.5 Å². The highest BCUT2D eigenvalue weighted by Gasteiger charge is 2.18. The van der Waals surface area contributed by atoms with Crippen LogP contribution in [0.15, 0.2) is 63.3 Å². The van der Waals surface area contributed by atoms with Crippen molar-refractivity contribution in [3.63, 3.8) is 0 Å². The Labute approximate surface area is 179 Å². The zero-order valence-corrected chi connectivity index (χ0v) is 17.4. The summed E-state index contributed by atoms with van der Waals surface area (Å²) in [5.41, 5.74) is 8.89. The minimum absolute atomic E-state index is 0.0905. The predicted molar refractivity (Wildman–Crippen MR) is 120 cm³/mol. The van der Waals surface area contributed by atoms with Crippen molar-refractivity contribution in [2.24, 2.45) is 5.73 Å². The molecule has 31 heavy (non-hydrogen) atoms. The van der Waals surface area contributed by atoms with E-state index in [1.54, 1.807) is 4.57 Å². The van der Waals surface area contributed by atoms with Gasteiger partial charge in [0.2, 0.25) is 0 Å². The van der Waals surface area contributed by atoms with Crippen molar-refractivity contribution >= 4 is 11.2 Å². The van der Waals surface area contributed by atoms with Gasteiger partial charge in [-0.2, -0.15) is 0 Å². The second-order valence-corrected chi connectivity index (χ2v) is 7.83. The van der Waals surface area contributed by atoms with Crippen LogP contribution in [0.5, 0.6) is 0 Å². The molecule has 4 N–H and O–H groups in total. The van der Waals surface area contributed by atoms with Crippen LogP contribution in [0, 0.1) is 0 Å². The Morgan fingerprint density at radius 2 is 1.87 bits per heavy atom. The number of rotatable bonds is 8. The van der Waals surface area contributed by atoms with E-state index < -0.39 is 11.2 Å². The maximum absolute atomic E-state index is 13.1. The molecular weight excluding hydrogens is 394 g/mol. The number of aliphatic hydroxyl groups excluding tert-OH is 1. The molecule has 8 heteroatoms. The SMILES string of the molecule is NC1=CC=C(CCn2c(=O)n(CCCO)c(=O)c3[nH]c(Cc4ccccc4)nc32)CC1. The molecule has 0 spiro atoms. The summed E-state index contributed by atoms with van der Waals surface area (Å²) in [6.07, 6.45) is 7.15. The van der Waals surface area contributed by atoms with Gasteiger partial charge in [0.15, 0.2) is 5.65 Å². The smallest absolute Gasteiger partial charge is 0.332 e. The minimum atomic E-state index is -0.399. The van der Waals surface area contributed by atoms with E-state index in [9.17, 15) is 14.7 Å². The second-order valence-electron chi connectivity index (χ2n) is 7.83. The maximum Gasteiger partial charge on any atom is 0.332 e. The number of hydrogen-bond acceptors (Lipinski definition) is 5. The fourth-order valence-corrected chi connectivity index (χ4v) is 3.88. The van der Waals surface area contributed by atoms with E-state index in [1.807, 2.05) is 42.5 Å². The lowest BCUT2D eigenvalue weighted by Crippen LogP contribution is -2.40. The molecule has 0 radical (unpaired) electrons. The Hall–Kier alpha value is -3.39. The number of nitrogens with one attached hydrogen (secondary N) is 1. The number of fused-ring (bicyclic) bond motifs is 1. The Morgan fingerprint density at radius 3 is 2.58 bits per heavy atom. The summed E-state index contributed by atoms with van der Waals surface area (Å²) in [7, 11) is 0. The number of nitrogens with two attached hydrogens (primary N) is 1. The molecule has 2 heterocycles. The highest BCUT2D eigenvalue weighted by molar-refractivity contribution is 5.70. The molecule has 1 aromatic carbocycles. The van der Waals surface area contributed by atoms with Gasteiger partial charge in [0.25, 0.3) is 5.56 Å². The number of aromatic nitrogens is 4. The summed E-state index contributed by atoms with van der Waals surface area (Å²) in [6.45, 7) is 0.496. The largest absolute Gasteiger partial charge is 0.402 e. The Morgan fingerprint density at radius 1 is 1.06 bits per heavy atom. The summed E-state index contributed by atoms with van der Waals surface area (Å²) in [5, 5.41) is 9.19. The molecule has 0 unspecified atom stereocenters. The van der Waals surface area contributed by atoms with Crippen molar-refractivity contribution in [1.82, 2.24) is 19.1 Å². The van der Waals surface area contributed by atoms with Gasteiger partial charge in [-0.05, 0) is 37.3 Å². The summed E-state index contributed by atoms with van der Waals surface area (Å²) >= 11 is 0. The Balaban J connectivity index is 1.74. The molecule has 0 amide bonds. The van der Waals surface area contributed by atoms with Crippen LogP contribution in [0.25, 0.3) is 11.2 Å². The van der Waals surface area contributed by atoms with Crippen LogP contribution in [0.3, 0.4) is 0 Å². The highest BCUT2D eigenvalue weighted by atomic mass is 16.3. The highest BCUT2D eigenvalue weighted by Crippen LogP contribution is 2.19. The summed E-state index contributed by atoms with van der Waals surface area (Å²) < 4.78 is 2.76. The summed E-state index contributed by atoms with van der Waals surface area (Å²) in [4.78, 5) is 33.9. The first-order valence-corrected chi connectivity index (χ1v) is 10.6. The standard InChI is InChI=1S/C23H27N5O3/c24-18-9-7-16(8-10-18)11-13-27-21-20(22(30)28(23(27)31)12-4-14-29)25-19(26-21)15-17-5-2-1-3-6-17/h1-3,5-7,9,29H,4,8,10-15,24H2,(H,25,26). The summed E-state index contributed by atoms with van der Waals surface area (Å²) in [5.74, 6) is 0.638. The van der Waals surface area contributed by atoms with Gasteiger partial charge in [-0.3, -0.25) is 13.9 Å². The molecular formula is C23H27N5O3. The number of imidazole rings is 1. The van der Waals surface area contributed by atoms with Crippen LogP contribution in [0.4, 0.5) is 0 Å². The third-order valence-corrected chi connectivity index (χ3v) is 5.59. The van der Waals surface area contributed by atoms with Gasteiger partial charge in [0.1, 0.15) is 11.3 Å². The molecule has 3 aromatic rings. The van der Waals surface area contributed by atoms with Gasteiger partial charge in [-0.1, -0.05) is 42.0 Å². The Kier molecular flexibility index (Phi) is 6.18. The first-order valence-electron chi connectivity index (χ1n) is 10.6. The number of aromatic amines is 1. The van der Waals surface area contributed by atoms with E-state index in [4.69, 9.17) is 5.73 Å². The van der Waals surface area contributed by atoms with Gasteiger partial charge in [0.05, 0.1) is 0 Å². The number of H-pyrrole nitrogens is 1. The van der Waals surface area contributed by atoms with Gasteiger partial charge >= 0.3 is 5.69 Å². The van der Waals surface area contributed by atoms with E-state index in [0.717, 1.165) is 24.1 Å². The van der Waals surface area contributed by atoms with Gasteiger partial charge in [0, 0.05) is 31.8 Å². The van der Waals surface area contributed by atoms with Crippen LogP contribution < -0.4 is 17.0 Å². The van der Waals surface area contributed by atoms with E-state index in [1.165, 1.54) is 10.1 Å². The second kappa shape index (κ2) is 9.18. The van der Waals surface area contributed by atoms with Crippen molar-refractivity contribution in [3.05, 3.63) is 86.0 Å². The lowest BCUT2D eigenvalue weighted by atomic mass is 10.0. The number of aliphatic hydroxyl groups is 1. The fraction of sp³-hybridized carbons (Fsp3) is 0.348. The molecule has 0 aliphatic heterocycles. The molecule has 4 rings (SSSR count). The van der Waals surface area contributed by atoms with Gasteiger partial charge < -0.3 is 15.8 Å². The zero-order valence-electron chi connectivity index (χ0n) is 17.4. The first-order chi connectivity index (χ1) is 15.1. The monoisotopic (exact) mass is 421 g/mol. The van der Waals surface area contributed by atoms with Gasteiger partial charge in [-0.25, -0.2) is 9.78 Å². The van der Waals surface area contributed by atoms with E-state index in [-0.39, 0.29) is 13.2 Å². The minimum Gasteiger partial charge on any atom is -0.402 e. The summed E-state index contributed by atoms with van der Waals surface area (Å²) in [6, 6.07) is 9.84. The lowest BCUT2D eigenvalue weighted by Gasteiger charge is -2.14. The third-order valence-electron chi connectivity index (χ3n) is 5.59. The maximum atomic E-state index is 13.1. The molecule has 0 atom stereocenters.